The van der Waals surface area contributed by atoms with Crippen molar-refractivity contribution in [2.45, 2.75) is 25.8 Å². The third-order valence-corrected chi connectivity index (χ3v) is 4.23. The molecule has 1 saturated heterocycles. The molecule has 0 unspecified atom stereocenters. The topological polar surface area (TPSA) is 66.0 Å². The van der Waals surface area contributed by atoms with E-state index in [0.717, 1.165) is 24.6 Å². The summed E-state index contributed by atoms with van der Waals surface area (Å²) in [5.74, 6) is 0.480. The average molecular weight is 460 g/mol. The zero-order valence-electron chi connectivity index (χ0n) is 15.1. The zero-order chi connectivity index (χ0) is 17.2. The quantitative estimate of drug-likeness (QED) is 0.295. The lowest BCUT2D eigenvalue weighted by molar-refractivity contribution is 0.0600. The average Bonchev–Trinajstić information content (AvgIpc) is 2.65. The molecular formula is C18H29IN4O2. The summed E-state index contributed by atoms with van der Waals surface area (Å²) >= 11 is 0. The minimum atomic E-state index is -0.315. The van der Waals surface area contributed by atoms with E-state index < -0.39 is 0 Å². The standard InChI is InChI=1S/C18H28N4O2.HI/c1-19-18(20-10-13-22-11-4-3-5-12-22)21-14-15-6-8-16(9-7-15)17(23)24-2;/h6-9H,3-5,10-14H2,1-2H3,(H2,19,20,21);1H. The van der Waals surface area contributed by atoms with E-state index in [4.69, 9.17) is 4.74 Å². The maximum atomic E-state index is 11.4. The number of benzene rings is 1. The van der Waals surface area contributed by atoms with Crippen LogP contribution in [0.5, 0.6) is 0 Å². The van der Waals surface area contributed by atoms with Crippen molar-refractivity contribution in [1.82, 2.24) is 15.5 Å². The summed E-state index contributed by atoms with van der Waals surface area (Å²) in [6.45, 7) is 5.01. The van der Waals surface area contributed by atoms with Crippen molar-refractivity contribution in [2.24, 2.45) is 4.99 Å². The molecule has 1 aliphatic rings. The van der Waals surface area contributed by atoms with Gasteiger partial charge in [-0.25, -0.2) is 4.79 Å². The fourth-order valence-corrected chi connectivity index (χ4v) is 2.80. The number of guanidine groups is 1. The Morgan fingerprint density at radius 2 is 1.84 bits per heavy atom. The first-order valence-electron chi connectivity index (χ1n) is 8.57. The first kappa shape index (κ1) is 21.7. The number of aliphatic imine (C=N–C) groups is 1. The molecule has 1 aliphatic heterocycles. The van der Waals surface area contributed by atoms with Crippen LogP contribution in [-0.2, 0) is 11.3 Å². The van der Waals surface area contributed by atoms with Gasteiger partial charge < -0.3 is 20.3 Å². The summed E-state index contributed by atoms with van der Waals surface area (Å²) in [5.41, 5.74) is 1.65. The maximum Gasteiger partial charge on any atom is 0.337 e. The summed E-state index contributed by atoms with van der Waals surface area (Å²) < 4.78 is 4.70. The molecular weight excluding hydrogens is 431 g/mol. The Balaban J connectivity index is 0.00000312. The molecule has 0 atom stereocenters. The summed E-state index contributed by atoms with van der Waals surface area (Å²) in [6, 6.07) is 7.38. The number of nitrogens with one attached hydrogen (secondary N) is 2. The number of methoxy groups -OCH3 is 1. The monoisotopic (exact) mass is 460 g/mol. The fourth-order valence-electron chi connectivity index (χ4n) is 2.80. The van der Waals surface area contributed by atoms with Crippen LogP contribution in [-0.4, -0.2) is 57.2 Å². The van der Waals surface area contributed by atoms with E-state index in [1.165, 1.54) is 39.5 Å². The highest BCUT2D eigenvalue weighted by Gasteiger charge is 2.09. The smallest absolute Gasteiger partial charge is 0.337 e. The lowest BCUT2D eigenvalue weighted by Gasteiger charge is -2.26. The number of ether oxygens (including phenoxy) is 1. The van der Waals surface area contributed by atoms with Crippen molar-refractivity contribution in [3.8, 4) is 0 Å². The van der Waals surface area contributed by atoms with Crippen LogP contribution in [0.3, 0.4) is 0 Å². The lowest BCUT2D eigenvalue weighted by atomic mass is 10.1. The summed E-state index contributed by atoms with van der Waals surface area (Å²) in [5, 5.41) is 6.64. The minimum Gasteiger partial charge on any atom is -0.465 e. The number of piperidine rings is 1. The summed E-state index contributed by atoms with van der Waals surface area (Å²) in [6.07, 6.45) is 3.99. The molecule has 0 aromatic heterocycles. The summed E-state index contributed by atoms with van der Waals surface area (Å²) in [4.78, 5) is 18.2. The largest absolute Gasteiger partial charge is 0.465 e. The molecule has 6 nitrogen and oxygen atoms in total. The number of hydrogen-bond donors (Lipinski definition) is 2. The van der Waals surface area contributed by atoms with Crippen molar-refractivity contribution < 1.29 is 9.53 Å². The molecule has 0 aliphatic carbocycles. The number of carbonyl (C=O) groups excluding carboxylic acids is 1. The van der Waals surface area contributed by atoms with Gasteiger partial charge >= 0.3 is 5.97 Å². The van der Waals surface area contributed by atoms with E-state index in [-0.39, 0.29) is 29.9 Å². The number of rotatable bonds is 6. The number of nitrogens with zero attached hydrogens (tertiary/aromatic N) is 2. The first-order valence-corrected chi connectivity index (χ1v) is 8.57. The van der Waals surface area contributed by atoms with Crippen LogP contribution in [0.15, 0.2) is 29.3 Å². The van der Waals surface area contributed by atoms with Gasteiger partial charge in [-0.15, -0.1) is 24.0 Å². The van der Waals surface area contributed by atoms with Crippen LogP contribution < -0.4 is 10.6 Å². The van der Waals surface area contributed by atoms with Crippen LogP contribution >= 0.6 is 24.0 Å². The Bertz CT molecular complexity index is 543. The minimum absolute atomic E-state index is 0. The molecule has 1 fully saturated rings. The molecule has 25 heavy (non-hydrogen) atoms. The number of hydrogen-bond acceptors (Lipinski definition) is 4. The molecule has 0 radical (unpaired) electrons. The van der Waals surface area contributed by atoms with Gasteiger partial charge in [-0.2, -0.15) is 0 Å². The highest BCUT2D eigenvalue weighted by Crippen LogP contribution is 2.07. The second-order valence-electron chi connectivity index (χ2n) is 5.94. The Morgan fingerprint density at radius 1 is 1.16 bits per heavy atom. The van der Waals surface area contributed by atoms with Crippen LogP contribution in [0.1, 0.15) is 35.2 Å². The van der Waals surface area contributed by atoms with E-state index in [1.807, 2.05) is 12.1 Å². The van der Waals surface area contributed by atoms with Gasteiger partial charge in [-0.1, -0.05) is 18.6 Å². The van der Waals surface area contributed by atoms with E-state index in [2.05, 4.69) is 20.5 Å². The van der Waals surface area contributed by atoms with Gasteiger partial charge in [0, 0.05) is 26.7 Å². The normalized spacial score (nSPS) is 15.2. The van der Waals surface area contributed by atoms with Crippen molar-refractivity contribution in [1.29, 1.82) is 0 Å². The SMILES string of the molecule is CN=C(NCCN1CCCCC1)NCc1ccc(C(=O)OC)cc1.I. The maximum absolute atomic E-state index is 11.4. The highest BCUT2D eigenvalue weighted by molar-refractivity contribution is 14.0. The fraction of sp³-hybridized carbons (Fsp3) is 0.556. The third kappa shape index (κ3) is 7.60. The van der Waals surface area contributed by atoms with Gasteiger partial charge in [-0.3, -0.25) is 4.99 Å². The second kappa shape index (κ2) is 12.1. The molecule has 2 rings (SSSR count). The molecule has 140 valence electrons. The van der Waals surface area contributed by atoms with Crippen molar-refractivity contribution in [2.75, 3.05) is 40.3 Å². The van der Waals surface area contributed by atoms with Crippen LogP contribution in [0.2, 0.25) is 0 Å². The van der Waals surface area contributed by atoms with Crippen LogP contribution in [0.4, 0.5) is 0 Å². The lowest BCUT2D eigenvalue weighted by Crippen LogP contribution is -2.42. The Morgan fingerprint density at radius 3 is 2.44 bits per heavy atom. The molecule has 0 spiro atoms. The van der Waals surface area contributed by atoms with E-state index in [9.17, 15) is 4.79 Å². The van der Waals surface area contributed by atoms with E-state index in [0.29, 0.717) is 12.1 Å². The van der Waals surface area contributed by atoms with Gasteiger partial charge in [0.05, 0.1) is 12.7 Å². The Hall–Kier alpha value is -1.35. The number of likely N-dealkylation sites (tertiary alicyclic amines) is 1. The predicted octanol–water partition coefficient (Wildman–Crippen LogP) is 2.24. The number of carbonyl (C=O) groups is 1. The highest BCUT2D eigenvalue weighted by atomic mass is 127. The van der Waals surface area contributed by atoms with Gasteiger partial charge in [0.15, 0.2) is 5.96 Å². The van der Waals surface area contributed by atoms with Crippen molar-refractivity contribution in [3.05, 3.63) is 35.4 Å². The molecule has 1 aromatic carbocycles. The molecule has 0 saturated carbocycles. The van der Waals surface area contributed by atoms with E-state index >= 15 is 0 Å². The van der Waals surface area contributed by atoms with Gasteiger partial charge in [0.2, 0.25) is 0 Å². The van der Waals surface area contributed by atoms with Crippen molar-refractivity contribution in [3.63, 3.8) is 0 Å². The molecule has 2 N–H and O–H groups in total. The second-order valence-corrected chi connectivity index (χ2v) is 5.94. The van der Waals surface area contributed by atoms with E-state index in [1.54, 1.807) is 19.2 Å². The zero-order valence-corrected chi connectivity index (χ0v) is 17.4. The molecule has 0 amide bonds. The third-order valence-electron chi connectivity index (χ3n) is 4.23. The Labute approximate surface area is 167 Å². The van der Waals surface area contributed by atoms with Crippen molar-refractivity contribution >= 4 is 35.9 Å². The molecule has 7 heteroatoms. The number of halogens is 1. The van der Waals surface area contributed by atoms with Crippen LogP contribution in [0, 0.1) is 0 Å². The molecule has 0 bridgehead atoms. The first-order chi connectivity index (χ1) is 11.7. The van der Waals surface area contributed by atoms with Gasteiger partial charge in [0.1, 0.15) is 0 Å². The molecule has 1 heterocycles. The molecule has 1 aromatic rings. The van der Waals surface area contributed by atoms with Gasteiger partial charge in [0.25, 0.3) is 0 Å². The van der Waals surface area contributed by atoms with Crippen LogP contribution in [0.25, 0.3) is 0 Å². The summed E-state index contributed by atoms with van der Waals surface area (Å²) in [7, 11) is 3.16. The predicted molar refractivity (Wildman–Crippen MR) is 112 cm³/mol. The number of esters is 1. The Kier molecular flexibility index (Phi) is 10.5. The van der Waals surface area contributed by atoms with Gasteiger partial charge in [-0.05, 0) is 43.6 Å².